The minimum atomic E-state index is -1.09. The summed E-state index contributed by atoms with van der Waals surface area (Å²) in [7, 11) is 1.41. The van der Waals surface area contributed by atoms with Crippen LogP contribution in [0.1, 0.15) is 18.1 Å². The first-order valence-electron chi connectivity index (χ1n) is 3.62. The second-order valence-corrected chi connectivity index (χ2v) is 2.47. The molecule has 3 N–H and O–H groups in total. The second-order valence-electron chi connectivity index (χ2n) is 2.47. The number of carbonyl (C=O) groups is 1. The van der Waals surface area contributed by atoms with Gasteiger partial charge in [-0.25, -0.2) is 5.10 Å². The lowest BCUT2D eigenvalue weighted by Crippen LogP contribution is -2.05. The molecule has 0 saturated carbocycles. The van der Waals surface area contributed by atoms with Crippen LogP contribution < -0.4 is 4.74 Å². The molecule has 13 heavy (non-hydrogen) atoms. The van der Waals surface area contributed by atoms with Crippen LogP contribution in [0, 0.1) is 0 Å². The van der Waals surface area contributed by atoms with E-state index >= 15 is 0 Å². The summed E-state index contributed by atoms with van der Waals surface area (Å²) in [6, 6.07) is 0. The molecule has 0 aliphatic heterocycles. The quantitative estimate of drug-likeness (QED) is 0.611. The van der Waals surface area contributed by atoms with Gasteiger partial charge in [-0.05, 0) is 0 Å². The van der Waals surface area contributed by atoms with Crippen molar-refractivity contribution in [2.24, 2.45) is 0 Å². The highest BCUT2D eigenvalue weighted by Crippen LogP contribution is 2.23. The van der Waals surface area contributed by atoms with Gasteiger partial charge in [0.15, 0.2) is 0 Å². The maximum atomic E-state index is 10.3. The van der Waals surface area contributed by atoms with Gasteiger partial charge in [0.2, 0.25) is 5.88 Å². The number of hydrogen-bond donors (Lipinski definition) is 3. The van der Waals surface area contributed by atoms with E-state index in [4.69, 9.17) is 9.84 Å². The molecule has 0 aromatic carbocycles. The molecule has 1 heterocycles. The third-order valence-corrected chi connectivity index (χ3v) is 1.56. The highest BCUT2D eigenvalue weighted by atomic mass is 16.5. The monoisotopic (exact) mass is 186 g/mol. The first-order valence-corrected chi connectivity index (χ1v) is 3.62. The molecular formula is C7H10N2O4. The summed E-state index contributed by atoms with van der Waals surface area (Å²) in [4.78, 5) is 10.3. The molecule has 1 aromatic rings. The number of aliphatic hydroxyl groups is 1. The number of aliphatic carboxylic acids is 1. The Bertz CT molecular complexity index is 296. The van der Waals surface area contributed by atoms with Crippen LogP contribution in [0.3, 0.4) is 0 Å². The lowest BCUT2D eigenvalue weighted by Gasteiger charge is -2.06. The van der Waals surface area contributed by atoms with Crippen LogP contribution in [0.5, 0.6) is 5.88 Å². The molecule has 0 amide bonds. The molecule has 1 aromatic heterocycles. The van der Waals surface area contributed by atoms with Gasteiger partial charge in [-0.15, -0.1) is 0 Å². The largest absolute Gasteiger partial charge is 0.481 e. The molecule has 0 aliphatic carbocycles. The van der Waals surface area contributed by atoms with Crippen molar-refractivity contribution in [2.45, 2.75) is 12.5 Å². The van der Waals surface area contributed by atoms with Crippen LogP contribution in [0.2, 0.25) is 0 Å². The maximum Gasteiger partial charge on any atom is 0.306 e. The number of carboxylic acid groups (broad SMARTS) is 1. The van der Waals surface area contributed by atoms with Crippen LogP contribution in [-0.4, -0.2) is 33.5 Å². The smallest absolute Gasteiger partial charge is 0.306 e. The van der Waals surface area contributed by atoms with E-state index in [1.54, 1.807) is 0 Å². The number of hydrogen-bond acceptors (Lipinski definition) is 4. The fourth-order valence-electron chi connectivity index (χ4n) is 0.960. The van der Waals surface area contributed by atoms with E-state index < -0.39 is 12.1 Å². The van der Waals surface area contributed by atoms with Crippen LogP contribution in [-0.2, 0) is 4.79 Å². The van der Waals surface area contributed by atoms with Gasteiger partial charge >= 0.3 is 5.97 Å². The van der Waals surface area contributed by atoms with Gasteiger partial charge < -0.3 is 14.9 Å². The molecule has 0 fully saturated rings. The summed E-state index contributed by atoms with van der Waals surface area (Å²) in [6.07, 6.45) is -0.117. The Hall–Kier alpha value is -1.56. The summed E-state index contributed by atoms with van der Waals surface area (Å²) < 4.78 is 4.82. The van der Waals surface area contributed by atoms with E-state index in [0.29, 0.717) is 5.56 Å². The van der Waals surface area contributed by atoms with Gasteiger partial charge in [0.1, 0.15) is 0 Å². The van der Waals surface area contributed by atoms with Crippen LogP contribution in [0.4, 0.5) is 0 Å². The number of aliphatic hydroxyl groups excluding tert-OH is 1. The Morgan fingerprint density at radius 1 is 1.85 bits per heavy atom. The Morgan fingerprint density at radius 2 is 2.54 bits per heavy atom. The average Bonchev–Trinajstić information content (AvgIpc) is 2.49. The molecule has 1 unspecified atom stereocenters. The normalized spacial score (nSPS) is 12.5. The van der Waals surface area contributed by atoms with Gasteiger partial charge in [-0.2, -0.15) is 5.10 Å². The Labute approximate surface area is 74.2 Å². The first kappa shape index (κ1) is 9.53. The Morgan fingerprint density at radius 3 is 3.08 bits per heavy atom. The van der Waals surface area contributed by atoms with Crippen molar-refractivity contribution in [3.8, 4) is 5.88 Å². The van der Waals surface area contributed by atoms with Gasteiger partial charge in [0.25, 0.3) is 0 Å². The van der Waals surface area contributed by atoms with Crippen LogP contribution in [0.15, 0.2) is 6.20 Å². The molecule has 1 atom stereocenters. The predicted molar refractivity (Wildman–Crippen MR) is 42.4 cm³/mol. The van der Waals surface area contributed by atoms with E-state index in [-0.39, 0.29) is 12.3 Å². The molecule has 0 spiro atoms. The number of aromatic nitrogens is 2. The number of nitrogens with one attached hydrogen (secondary N) is 1. The van der Waals surface area contributed by atoms with Crippen LogP contribution >= 0.6 is 0 Å². The standard InChI is InChI=1S/C7H10N2O4/c1-13-7-4(3-8-9-7)5(10)2-6(11)12/h3,5,10H,2H2,1H3,(H,8,9)(H,11,12). The van der Waals surface area contributed by atoms with Crippen molar-refractivity contribution in [3.63, 3.8) is 0 Å². The lowest BCUT2D eigenvalue weighted by molar-refractivity contribution is -0.139. The third-order valence-electron chi connectivity index (χ3n) is 1.56. The zero-order valence-electron chi connectivity index (χ0n) is 7.02. The molecule has 0 radical (unpaired) electrons. The number of methoxy groups -OCH3 is 1. The number of rotatable bonds is 4. The zero-order chi connectivity index (χ0) is 9.84. The maximum absolute atomic E-state index is 10.3. The van der Waals surface area contributed by atoms with Gasteiger partial charge in [0, 0.05) is 0 Å². The van der Waals surface area contributed by atoms with E-state index in [1.807, 2.05) is 0 Å². The summed E-state index contributed by atoms with van der Waals surface area (Å²) in [6.45, 7) is 0. The van der Waals surface area contributed by atoms with Gasteiger partial charge in [-0.3, -0.25) is 4.79 Å². The van der Waals surface area contributed by atoms with Crippen molar-refractivity contribution in [1.82, 2.24) is 10.2 Å². The topological polar surface area (TPSA) is 95.4 Å². The molecule has 6 heteroatoms. The SMILES string of the molecule is COc1[nH]ncc1C(O)CC(=O)O. The van der Waals surface area contributed by atoms with E-state index in [0.717, 1.165) is 0 Å². The number of ether oxygens (including phenoxy) is 1. The summed E-state index contributed by atoms with van der Waals surface area (Å²) in [5.41, 5.74) is 0.352. The number of aromatic amines is 1. The second kappa shape index (κ2) is 3.90. The minimum Gasteiger partial charge on any atom is -0.481 e. The first-order chi connectivity index (χ1) is 6.15. The molecule has 0 aliphatic rings. The summed E-state index contributed by atoms with van der Waals surface area (Å²) in [5.74, 6) is -0.787. The van der Waals surface area contributed by atoms with Crippen molar-refractivity contribution in [1.29, 1.82) is 0 Å². The van der Waals surface area contributed by atoms with E-state index in [2.05, 4.69) is 10.2 Å². The van der Waals surface area contributed by atoms with E-state index in [1.165, 1.54) is 13.3 Å². The van der Waals surface area contributed by atoms with Crippen molar-refractivity contribution in [2.75, 3.05) is 7.11 Å². The molecule has 72 valence electrons. The number of nitrogens with zero attached hydrogens (tertiary/aromatic N) is 1. The average molecular weight is 186 g/mol. The highest BCUT2D eigenvalue weighted by molar-refractivity contribution is 5.67. The summed E-state index contributed by atoms with van der Waals surface area (Å²) in [5, 5.41) is 23.9. The zero-order valence-corrected chi connectivity index (χ0v) is 7.02. The molecule has 1 rings (SSSR count). The molecule has 0 bridgehead atoms. The molecule has 0 saturated heterocycles. The van der Waals surface area contributed by atoms with Crippen LogP contribution in [0.25, 0.3) is 0 Å². The Kier molecular flexibility index (Phi) is 2.86. The third kappa shape index (κ3) is 2.19. The number of carboxylic acids is 1. The van der Waals surface area contributed by atoms with Gasteiger partial charge in [0.05, 0.1) is 31.4 Å². The van der Waals surface area contributed by atoms with Crippen molar-refractivity contribution < 1.29 is 19.7 Å². The number of H-pyrrole nitrogens is 1. The molecule has 6 nitrogen and oxygen atoms in total. The fourth-order valence-corrected chi connectivity index (χ4v) is 0.960. The Balaban J connectivity index is 2.75. The predicted octanol–water partition coefficient (Wildman–Crippen LogP) is -0.0736. The minimum absolute atomic E-state index is 0.286. The van der Waals surface area contributed by atoms with E-state index in [9.17, 15) is 9.90 Å². The highest BCUT2D eigenvalue weighted by Gasteiger charge is 2.17. The van der Waals surface area contributed by atoms with Crippen molar-refractivity contribution in [3.05, 3.63) is 11.8 Å². The lowest BCUT2D eigenvalue weighted by atomic mass is 10.1. The fraction of sp³-hybridized carbons (Fsp3) is 0.429. The molecular weight excluding hydrogens is 176 g/mol. The van der Waals surface area contributed by atoms with Gasteiger partial charge in [-0.1, -0.05) is 0 Å². The summed E-state index contributed by atoms with van der Waals surface area (Å²) >= 11 is 0. The van der Waals surface area contributed by atoms with Crippen molar-refractivity contribution >= 4 is 5.97 Å².